The summed E-state index contributed by atoms with van der Waals surface area (Å²) in [7, 11) is 1.51. The Morgan fingerprint density at radius 2 is 1.86 bits per heavy atom. The van der Waals surface area contributed by atoms with E-state index in [4.69, 9.17) is 0 Å². The molecule has 0 rings (SSSR count). The lowest BCUT2D eigenvalue weighted by atomic mass is 9.93. The van der Waals surface area contributed by atoms with Gasteiger partial charge in [-0.15, -0.1) is 0 Å². The largest absolute Gasteiger partial charge is 0.652 e. The van der Waals surface area contributed by atoms with Crippen LogP contribution < -0.4 is 5.32 Å². The third-order valence-corrected chi connectivity index (χ3v) is 3.71. The minimum Gasteiger partial charge on any atom is -0.652 e. The van der Waals surface area contributed by atoms with E-state index < -0.39 is 18.2 Å². The van der Waals surface area contributed by atoms with E-state index in [0.717, 1.165) is 0 Å². The van der Waals surface area contributed by atoms with Gasteiger partial charge in [0.2, 0.25) is 5.91 Å². The quantitative estimate of drug-likeness (QED) is 0.608. The molecule has 0 aliphatic carbocycles. The number of hydrogen-bond donors (Lipinski definition) is 2. The summed E-state index contributed by atoms with van der Waals surface area (Å²) in [5.74, 6) is -0.252. The zero-order valence-electron chi connectivity index (χ0n) is 14.7. The average Bonchev–Trinajstić information content (AvgIpc) is 2.43. The van der Waals surface area contributed by atoms with Crippen molar-refractivity contribution in [2.45, 2.75) is 65.6 Å². The Labute approximate surface area is 134 Å². The maximum atomic E-state index is 12.4. The number of nitrogens with one attached hydrogen (secondary N) is 1. The Hall–Kier alpha value is -1.20. The number of rotatable bonds is 10. The van der Waals surface area contributed by atoms with Crippen LogP contribution in [-0.4, -0.2) is 42.0 Å². The lowest BCUT2D eigenvalue weighted by molar-refractivity contribution is -0.129. The number of allylic oxidation sites excluding steroid dienone is 2. The number of carbonyl (C=O) groups excluding carboxylic acids is 2. The molecule has 0 aromatic heterocycles. The van der Waals surface area contributed by atoms with Crippen molar-refractivity contribution in [2.24, 2.45) is 11.8 Å². The summed E-state index contributed by atoms with van der Waals surface area (Å²) in [6.07, 6.45) is 4.26. The zero-order chi connectivity index (χ0) is 17.3. The minimum absolute atomic E-state index is 0.0756. The summed E-state index contributed by atoms with van der Waals surface area (Å²) >= 11 is 0. The first-order valence-electron chi connectivity index (χ1n) is 7.93. The fourth-order valence-electron chi connectivity index (χ4n) is 2.28. The van der Waals surface area contributed by atoms with Crippen molar-refractivity contribution in [3.05, 3.63) is 17.5 Å². The number of aliphatic hydroxyl groups is 1. The van der Waals surface area contributed by atoms with Gasteiger partial charge in [0.15, 0.2) is 5.78 Å². The van der Waals surface area contributed by atoms with Crippen LogP contribution in [0.25, 0.3) is 5.32 Å². The van der Waals surface area contributed by atoms with Gasteiger partial charge >= 0.3 is 0 Å². The van der Waals surface area contributed by atoms with Gasteiger partial charge in [-0.1, -0.05) is 32.9 Å². The lowest BCUT2D eigenvalue weighted by Crippen LogP contribution is -2.49. The zero-order valence-corrected chi connectivity index (χ0v) is 14.7. The van der Waals surface area contributed by atoms with Crippen LogP contribution in [0.15, 0.2) is 12.2 Å². The Kier molecular flexibility index (Phi) is 9.94. The first kappa shape index (κ1) is 20.8. The van der Waals surface area contributed by atoms with Crippen molar-refractivity contribution in [3.63, 3.8) is 0 Å². The van der Waals surface area contributed by atoms with Crippen molar-refractivity contribution in [1.82, 2.24) is 5.32 Å². The molecule has 2 N–H and O–H groups in total. The van der Waals surface area contributed by atoms with Crippen LogP contribution in [0.2, 0.25) is 0 Å². The standard InChI is InChI=1S/C17H31N2O3/c1-7-8-9-12(4)16(21)15(18-6)17(22)19-14(13(5)20)10-11(2)3/h7-8,11-12,14-16,21H,9-10H2,1-6H3,(H,19,22)/q-1/b8-7+/t12?,14-,15?,16?/m0/s1. The van der Waals surface area contributed by atoms with Crippen molar-refractivity contribution < 1.29 is 14.7 Å². The van der Waals surface area contributed by atoms with E-state index in [1.165, 1.54) is 14.0 Å². The van der Waals surface area contributed by atoms with Crippen LogP contribution in [-0.2, 0) is 9.59 Å². The molecule has 0 aromatic rings. The summed E-state index contributed by atoms with van der Waals surface area (Å²) in [5.41, 5.74) is 0. The molecule has 0 bridgehead atoms. The second-order valence-electron chi connectivity index (χ2n) is 6.28. The minimum atomic E-state index is -0.868. The van der Waals surface area contributed by atoms with Gasteiger partial charge in [0.05, 0.1) is 6.04 Å². The normalized spacial score (nSPS) is 17.3. The predicted octanol–water partition coefficient (Wildman–Crippen LogP) is 2.44. The van der Waals surface area contributed by atoms with Crippen molar-refractivity contribution in [2.75, 3.05) is 7.05 Å². The highest BCUT2D eigenvalue weighted by molar-refractivity contribution is 5.91. The van der Waals surface area contributed by atoms with E-state index in [1.807, 2.05) is 39.8 Å². The molecule has 0 heterocycles. The van der Waals surface area contributed by atoms with E-state index in [9.17, 15) is 14.7 Å². The Morgan fingerprint density at radius 1 is 1.27 bits per heavy atom. The number of likely N-dealkylation sites (N-methyl/N-ethyl adjacent to an activating group) is 1. The van der Waals surface area contributed by atoms with Gasteiger partial charge in [-0.05, 0) is 44.6 Å². The number of amides is 1. The predicted molar refractivity (Wildman–Crippen MR) is 89.7 cm³/mol. The SMILES string of the molecule is C/C=C/CC(C)C(O)C([N-]C)C(=O)N[C@@H](CC(C)C)C(C)=O. The van der Waals surface area contributed by atoms with Crippen LogP contribution in [0.4, 0.5) is 0 Å². The topological polar surface area (TPSA) is 80.5 Å². The smallest absolute Gasteiger partial charge is 0.205 e. The summed E-state index contributed by atoms with van der Waals surface area (Å²) in [5, 5.41) is 17.1. The number of carbonyl (C=O) groups is 2. The molecule has 1 amide bonds. The molecule has 5 heteroatoms. The number of nitrogens with zero attached hydrogens (tertiary/aromatic N) is 1. The monoisotopic (exact) mass is 311 g/mol. The van der Waals surface area contributed by atoms with Gasteiger partial charge in [0.25, 0.3) is 0 Å². The van der Waals surface area contributed by atoms with E-state index in [-0.39, 0.29) is 17.6 Å². The molecule has 0 saturated heterocycles. The van der Waals surface area contributed by atoms with E-state index in [2.05, 4.69) is 10.6 Å². The van der Waals surface area contributed by atoms with Crippen LogP contribution in [0, 0.1) is 11.8 Å². The molecule has 5 nitrogen and oxygen atoms in total. The third-order valence-electron chi connectivity index (χ3n) is 3.71. The Morgan fingerprint density at radius 3 is 2.27 bits per heavy atom. The number of Topliss-reactive ketones (excluding diaryl/α,β-unsaturated/α-hetero) is 1. The first-order valence-corrected chi connectivity index (χ1v) is 7.93. The molecule has 0 aliphatic heterocycles. The summed E-state index contributed by atoms with van der Waals surface area (Å²) in [4.78, 5) is 24.0. The van der Waals surface area contributed by atoms with E-state index in [0.29, 0.717) is 18.8 Å². The van der Waals surface area contributed by atoms with Crippen molar-refractivity contribution >= 4 is 11.7 Å². The highest BCUT2D eigenvalue weighted by Crippen LogP contribution is 2.17. The van der Waals surface area contributed by atoms with Gasteiger partial charge in [-0.3, -0.25) is 9.59 Å². The van der Waals surface area contributed by atoms with Gasteiger partial charge in [0, 0.05) is 6.10 Å². The molecular formula is C17H31N2O3-. The Bertz CT molecular complexity index is 380. The molecule has 0 fully saturated rings. The maximum absolute atomic E-state index is 12.4. The fraction of sp³-hybridized carbons (Fsp3) is 0.765. The van der Waals surface area contributed by atoms with E-state index in [1.54, 1.807) is 0 Å². The van der Waals surface area contributed by atoms with Crippen molar-refractivity contribution in [1.29, 1.82) is 0 Å². The van der Waals surface area contributed by atoms with E-state index >= 15 is 0 Å². The number of aliphatic hydroxyl groups excluding tert-OH is 1. The van der Waals surface area contributed by atoms with Crippen LogP contribution in [0.1, 0.15) is 47.5 Å². The molecule has 0 aromatic carbocycles. The molecule has 0 saturated carbocycles. The summed E-state index contributed by atoms with van der Waals surface area (Å²) in [6.45, 7) is 9.26. The summed E-state index contributed by atoms with van der Waals surface area (Å²) < 4.78 is 0. The van der Waals surface area contributed by atoms with Gasteiger partial charge in [0.1, 0.15) is 0 Å². The van der Waals surface area contributed by atoms with Crippen molar-refractivity contribution in [3.8, 4) is 0 Å². The second kappa shape index (κ2) is 10.5. The molecule has 0 radical (unpaired) electrons. The van der Waals surface area contributed by atoms with Gasteiger partial charge in [-0.2, -0.15) is 7.05 Å². The van der Waals surface area contributed by atoms with Crippen LogP contribution in [0.5, 0.6) is 0 Å². The number of ketones is 1. The van der Waals surface area contributed by atoms with Gasteiger partial charge in [-0.25, -0.2) is 0 Å². The Balaban J connectivity index is 4.84. The number of hydrogen-bond acceptors (Lipinski definition) is 3. The van der Waals surface area contributed by atoms with Crippen LogP contribution >= 0.6 is 0 Å². The molecule has 0 aliphatic rings. The first-order chi connectivity index (χ1) is 10.2. The highest BCUT2D eigenvalue weighted by atomic mass is 16.3. The molecule has 3 unspecified atom stereocenters. The molecule has 0 spiro atoms. The molecular weight excluding hydrogens is 280 g/mol. The summed E-state index contributed by atoms with van der Waals surface area (Å²) in [6, 6.07) is -1.37. The molecule has 128 valence electrons. The molecule has 4 atom stereocenters. The third kappa shape index (κ3) is 7.18. The maximum Gasteiger partial charge on any atom is 0.205 e. The average molecular weight is 311 g/mol. The fourth-order valence-corrected chi connectivity index (χ4v) is 2.28. The molecule has 22 heavy (non-hydrogen) atoms. The van der Waals surface area contributed by atoms with Crippen LogP contribution in [0.3, 0.4) is 0 Å². The highest BCUT2D eigenvalue weighted by Gasteiger charge is 2.26. The van der Waals surface area contributed by atoms with Gasteiger partial charge < -0.3 is 15.7 Å². The lowest BCUT2D eigenvalue weighted by Gasteiger charge is -2.35. The second-order valence-corrected chi connectivity index (χ2v) is 6.28.